The predicted molar refractivity (Wildman–Crippen MR) is 117 cm³/mol. The Bertz CT molecular complexity index is 859. The lowest BCUT2D eigenvalue weighted by molar-refractivity contribution is 0.225. The van der Waals surface area contributed by atoms with Crippen LogP contribution in [0.5, 0.6) is 11.5 Å². The van der Waals surface area contributed by atoms with Crippen molar-refractivity contribution >= 4 is 11.4 Å². The molecule has 1 saturated carbocycles. The number of nitrogens with zero attached hydrogens (tertiary/aromatic N) is 2. The molecule has 1 saturated heterocycles. The van der Waals surface area contributed by atoms with E-state index >= 15 is 0 Å². The Morgan fingerprint density at radius 3 is 2.45 bits per heavy atom. The van der Waals surface area contributed by atoms with Crippen molar-refractivity contribution in [3.05, 3.63) is 53.6 Å². The van der Waals surface area contributed by atoms with E-state index in [1.54, 1.807) is 0 Å². The average molecular weight is 395 g/mol. The van der Waals surface area contributed by atoms with Gasteiger partial charge in [0.15, 0.2) is 0 Å². The molecule has 5 heteroatoms. The second kappa shape index (κ2) is 8.87. The molecule has 2 fully saturated rings. The van der Waals surface area contributed by atoms with Crippen molar-refractivity contribution in [2.24, 2.45) is 4.99 Å². The van der Waals surface area contributed by atoms with E-state index in [0.29, 0.717) is 12.6 Å². The molecule has 2 aromatic rings. The molecule has 0 aromatic heterocycles. The predicted octanol–water partition coefficient (Wildman–Crippen LogP) is 4.00. The Morgan fingerprint density at radius 1 is 1.03 bits per heavy atom. The summed E-state index contributed by atoms with van der Waals surface area (Å²) in [6.07, 6.45) is 4.00. The SMILES string of the molecule is CC(=NCCO)c1ccc(OC2CCN(c3ccc(OC4CC4)cc3C)C2)cc1. The molecule has 1 aliphatic carbocycles. The van der Waals surface area contributed by atoms with Crippen molar-refractivity contribution in [3.63, 3.8) is 0 Å². The van der Waals surface area contributed by atoms with Gasteiger partial charge in [-0.3, -0.25) is 4.99 Å². The van der Waals surface area contributed by atoms with Gasteiger partial charge >= 0.3 is 0 Å². The topological polar surface area (TPSA) is 54.3 Å². The van der Waals surface area contributed by atoms with Gasteiger partial charge in [-0.1, -0.05) is 0 Å². The van der Waals surface area contributed by atoms with Gasteiger partial charge in [0.2, 0.25) is 0 Å². The first kappa shape index (κ1) is 19.8. The van der Waals surface area contributed by atoms with Crippen molar-refractivity contribution in [3.8, 4) is 11.5 Å². The monoisotopic (exact) mass is 394 g/mol. The maximum atomic E-state index is 8.90. The molecular weight excluding hydrogens is 364 g/mol. The maximum Gasteiger partial charge on any atom is 0.120 e. The number of aliphatic hydroxyl groups is 1. The van der Waals surface area contributed by atoms with Crippen molar-refractivity contribution in [2.45, 2.75) is 45.3 Å². The maximum absolute atomic E-state index is 8.90. The zero-order valence-corrected chi connectivity index (χ0v) is 17.3. The van der Waals surface area contributed by atoms with E-state index in [1.165, 1.54) is 24.1 Å². The number of hydrogen-bond donors (Lipinski definition) is 1. The summed E-state index contributed by atoms with van der Waals surface area (Å²) in [6, 6.07) is 14.5. The van der Waals surface area contributed by atoms with E-state index in [2.05, 4.69) is 35.0 Å². The second-order valence-corrected chi connectivity index (χ2v) is 7.96. The quantitative estimate of drug-likeness (QED) is 0.688. The highest BCUT2D eigenvalue weighted by Gasteiger charge is 2.26. The number of aliphatic imine (C=N–C) groups is 1. The largest absolute Gasteiger partial charge is 0.490 e. The molecule has 1 unspecified atom stereocenters. The summed E-state index contributed by atoms with van der Waals surface area (Å²) in [5.41, 5.74) is 4.52. The van der Waals surface area contributed by atoms with Gasteiger partial charge in [-0.2, -0.15) is 0 Å². The summed E-state index contributed by atoms with van der Waals surface area (Å²) >= 11 is 0. The van der Waals surface area contributed by atoms with Crippen LogP contribution in [0.2, 0.25) is 0 Å². The van der Waals surface area contributed by atoms with E-state index in [0.717, 1.165) is 42.3 Å². The minimum Gasteiger partial charge on any atom is -0.490 e. The zero-order chi connectivity index (χ0) is 20.2. The Kier molecular flexibility index (Phi) is 6.05. The van der Waals surface area contributed by atoms with Crippen LogP contribution in [0.1, 0.15) is 37.3 Å². The fourth-order valence-corrected chi connectivity index (χ4v) is 3.75. The van der Waals surface area contributed by atoms with E-state index in [-0.39, 0.29) is 12.7 Å². The lowest BCUT2D eigenvalue weighted by Crippen LogP contribution is -2.25. The standard InChI is InChI=1S/C24H30N2O3/c1-17-15-22(28-21-7-8-21)9-10-24(17)26-13-11-23(16-26)29-20-5-3-19(4-6-20)18(2)25-12-14-27/h3-6,9-10,15,21,23,27H,7-8,11-14,16H2,1-2H3. The number of aryl methyl sites for hydroxylation is 1. The number of rotatable bonds is 8. The second-order valence-electron chi connectivity index (χ2n) is 7.96. The number of aliphatic hydroxyl groups excluding tert-OH is 1. The van der Waals surface area contributed by atoms with Crippen LogP contribution < -0.4 is 14.4 Å². The van der Waals surface area contributed by atoms with Gasteiger partial charge in [-0.15, -0.1) is 0 Å². The Balaban J connectivity index is 1.34. The zero-order valence-electron chi connectivity index (χ0n) is 17.3. The smallest absolute Gasteiger partial charge is 0.120 e. The molecule has 2 aromatic carbocycles. The minimum absolute atomic E-state index is 0.0759. The summed E-state index contributed by atoms with van der Waals surface area (Å²) < 4.78 is 12.1. The molecule has 1 atom stereocenters. The van der Waals surface area contributed by atoms with Crippen molar-refractivity contribution in [1.29, 1.82) is 0 Å². The molecule has 1 aliphatic heterocycles. The fourth-order valence-electron chi connectivity index (χ4n) is 3.75. The number of benzene rings is 2. The molecule has 1 heterocycles. The minimum atomic E-state index is 0.0759. The molecule has 2 aliphatic rings. The van der Waals surface area contributed by atoms with Gasteiger partial charge in [-0.05, 0) is 80.3 Å². The fraction of sp³-hybridized carbons (Fsp3) is 0.458. The van der Waals surface area contributed by atoms with Gasteiger partial charge in [0.05, 0.1) is 25.8 Å². The number of anilines is 1. The molecule has 0 radical (unpaired) electrons. The number of hydrogen-bond acceptors (Lipinski definition) is 5. The molecule has 5 nitrogen and oxygen atoms in total. The summed E-state index contributed by atoms with van der Waals surface area (Å²) in [5, 5.41) is 8.90. The first-order valence-corrected chi connectivity index (χ1v) is 10.5. The highest BCUT2D eigenvalue weighted by Crippen LogP contribution is 2.32. The van der Waals surface area contributed by atoms with Gasteiger partial charge in [-0.25, -0.2) is 0 Å². The van der Waals surface area contributed by atoms with E-state index in [4.69, 9.17) is 14.6 Å². The average Bonchev–Trinajstić information content (AvgIpc) is 3.42. The summed E-state index contributed by atoms with van der Waals surface area (Å²) in [7, 11) is 0. The van der Waals surface area contributed by atoms with Gasteiger partial charge < -0.3 is 19.5 Å². The molecule has 1 N–H and O–H groups in total. The molecule has 0 amide bonds. The molecular formula is C24H30N2O3. The van der Waals surface area contributed by atoms with Crippen LogP contribution in [0.3, 0.4) is 0 Å². The van der Waals surface area contributed by atoms with Crippen LogP contribution in [-0.2, 0) is 0 Å². The van der Waals surface area contributed by atoms with Crippen molar-refractivity contribution < 1.29 is 14.6 Å². The molecule has 0 bridgehead atoms. The van der Waals surface area contributed by atoms with Crippen LogP contribution in [0.15, 0.2) is 47.5 Å². The third-order valence-corrected chi connectivity index (χ3v) is 5.50. The Labute approximate surface area is 173 Å². The third-order valence-electron chi connectivity index (χ3n) is 5.50. The van der Waals surface area contributed by atoms with Crippen LogP contribution in [-0.4, -0.2) is 49.3 Å². The van der Waals surface area contributed by atoms with Crippen molar-refractivity contribution in [2.75, 3.05) is 31.1 Å². The normalized spacial score (nSPS) is 19.5. The lowest BCUT2D eigenvalue weighted by atomic mass is 10.1. The summed E-state index contributed by atoms with van der Waals surface area (Å²) in [5.74, 6) is 1.87. The third kappa shape index (κ3) is 5.10. The number of ether oxygens (including phenoxy) is 2. The van der Waals surface area contributed by atoms with E-state index < -0.39 is 0 Å². The van der Waals surface area contributed by atoms with Crippen LogP contribution >= 0.6 is 0 Å². The van der Waals surface area contributed by atoms with Crippen molar-refractivity contribution in [1.82, 2.24) is 0 Å². The van der Waals surface area contributed by atoms with E-state index in [9.17, 15) is 0 Å². The van der Waals surface area contributed by atoms with Gasteiger partial charge in [0.1, 0.15) is 17.6 Å². The highest BCUT2D eigenvalue weighted by atomic mass is 16.5. The highest BCUT2D eigenvalue weighted by molar-refractivity contribution is 5.98. The molecule has 154 valence electrons. The van der Waals surface area contributed by atoms with Crippen LogP contribution in [0, 0.1) is 6.92 Å². The lowest BCUT2D eigenvalue weighted by Gasteiger charge is -2.22. The van der Waals surface area contributed by atoms with Crippen LogP contribution in [0.25, 0.3) is 0 Å². The first-order valence-electron chi connectivity index (χ1n) is 10.5. The molecule has 29 heavy (non-hydrogen) atoms. The Morgan fingerprint density at radius 2 is 1.76 bits per heavy atom. The summed E-state index contributed by atoms with van der Waals surface area (Å²) in [6.45, 7) is 6.52. The molecule has 0 spiro atoms. The van der Waals surface area contributed by atoms with Gasteiger partial charge in [0.25, 0.3) is 0 Å². The van der Waals surface area contributed by atoms with E-state index in [1.807, 2.05) is 31.2 Å². The van der Waals surface area contributed by atoms with Gasteiger partial charge in [0, 0.05) is 24.4 Å². The van der Waals surface area contributed by atoms with Crippen LogP contribution in [0.4, 0.5) is 5.69 Å². The summed E-state index contributed by atoms with van der Waals surface area (Å²) in [4.78, 5) is 6.74. The Hall–Kier alpha value is -2.53. The molecule has 4 rings (SSSR count). The first-order chi connectivity index (χ1) is 14.1.